The molecule has 0 aliphatic carbocycles. The highest BCUT2D eigenvalue weighted by Gasteiger charge is 2.52. The number of hydrogen-bond donors (Lipinski definition) is 1. The maximum absolute atomic E-state index is 14.5. The molecule has 0 saturated carbocycles. The third-order valence-electron chi connectivity index (χ3n) is 7.19. The maximum atomic E-state index is 14.5. The summed E-state index contributed by atoms with van der Waals surface area (Å²) in [4.78, 5) is 33.0. The fourth-order valence-corrected chi connectivity index (χ4v) is 5.94. The molecule has 3 aromatic rings. The first-order valence-corrected chi connectivity index (χ1v) is 13.3. The molecular weight excluding hydrogens is 507 g/mol. The highest BCUT2D eigenvalue weighted by Crippen LogP contribution is 2.54. The summed E-state index contributed by atoms with van der Waals surface area (Å²) in [7, 11) is 0. The highest BCUT2D eigenvalue weighted by atomic mass is 35.5. The molecule has 194 valence electrons. The predicted molar refractivity (Wildman–Crippen MR) is 147 cm³/mol. The predicted octanol–water partition coefficient (Wildman–Crippen LogP) is 7.71. The van der Waals surface area contributed by atoms with E-state index < -0.39 is 11.4 Å². The van der Waals surface area contributed by atoms with E-state index in [1.54, 1.807) is 13.1 Å². The van der Waals surface area contributed by atoms with E-state index in [2.05, 4.69) is 18.8 Å². The van der Waals surface area contributed by atoms with Crippen molar-refractivity contribution in [3.8, 4) is 0 Å². The van der Waals surface area contributed by atoms with Crippen LogP contribution in [0, 0.1) is 11.3 Å². The van der Waals surface area contributed by atoms with Crippen molar-refractivity contribution in [1.82, 2.24) is 9.88 Å². The van der Waals surface area contributed by atoms with E-state index in [9.17, 15) is 14.7 Å². The first-order valence-electron chi connectivity index (χ1n) is 12.6. The minimum Gasteiger partial charge on any atom is -0.481 e. The fourth-order valence-electron chi connectivity index (χ4n) is 5.62. The van der Waals surface area contributed by atoms with Crippen LogP contribution in [0.2, 0.25) is 10.0 Å². The first kappa shape index (κ1) is 27.2. The quantitative estimate of drug-likeness (QED) is 0.318. The summed E-state index contributed by atoms with van der Waals surface area (Å²) in [6.07, 6.45) is 2.53. The average molecular weight is 540 g/mol. The number of carboxylic acids is 1. The number of carbonyl (C=O) groups excluding carboxylic acids is 1. The molecule has 1 fully saturated rings. The van der Waals surface area contributed by atoms with Crippen LogP contribution in [-0.4, -0.2) is 26.9 Å². The summed E-state index contributed by atoms with van der Waals surface area (Å²) in [5.74, 6) is -1.10. The van der Waals surface area contributed by atoms with Gasteiger partial charge in [-0.25, -0.2) is 0 Å². The van der Waals surface area contributed by atoms with E-state index >= 15 is 0 Å². The Labute approximate surface area is 228 Å². The van der Waals surface area contributed by atoms with Gasteiger partial charge in [0.15, 0.2) is 0 Å². The van der Waals surface area contributed by atoms with Crippen LogP contribution in [0.3, 0.4) is 0 Å². The van der Waals surface area contributed by atoms with E-state index in [1.807, 2.05) is 71.6 Å². The van der Waals surface area contributed by atoms with Crippen molar-refractivity contribution in [2.24, 2.45) is 11.3 Å². The van der Waals surface area contributed by atoms with Gasteiger partial charge in [0.1, 0.15) is 0 Å². The lowest BCUT2D eigenvalue weighted by Gasteiger charge is -2.52. The number of aliphatic carboxylic acids is 1. The van der Waals surface area contributed by atoms with E-state index in [1.165, 1.54) is 0 Å². The number of benzene rings is 2. The standard InChI is InChI=1S/C30H32Cl2N2O3/c1-19(2)15-26(25-9-4-5-14-33-25)34-28(20-10-12-22(31)13-11-20)24(21-7-6-8-23(32)16-21)17-30(3,29(34)37)18-27(35)36/h4-14,16,19,24,26,28H,15,17-18H2,1-3H3,(H,35,36)/t24-,26+,28-,30-/m1/s1. The van der Waals surface area contributed by atoms with Gasteiger partial charge in [-0.05, 0) is 66.3 Å². The van der Waals surface area contributed by atoms with Gasteiger partial charge in [-0.1, -0.05) is 74.3 Å². The molecule has 2 aromatic carbocycles. The van der Waals surface area contributed by atoms with Crippen LogP contribution < -0.4 is 0 Å². The molecule has 7 heteroatoms. The Hall–Kier alpha value is -2.89. The van der Waals surface area contributed by atoms with Crippen molar-refractivity contribution in [2.45, 2.75) is 58.0 Å². The van der Waals surface area contributed by atoms with E-state index in [0.29, 0.717) is 22.9 Å². The first-order chi connectivity index (χ1) is 17.6. The zero-order valence-electron chi connectivity index (χ0n) is 21.3. The number of hydrogen-bond acceptors (Lipinski definition) is 3. The molecule has 4 rings (SSSR count). The molecule has 0 unspecified atom stereocenters. The summed E-state index contributed by atoms with van der Waals surface area (Å²) in [5, 5.41) is 11.0. The van der Waals surface area contributed by atoms with Crippen LogP contribution in [0.1, 0.15) is 74.9 Å². The van der Waals surface area contributed by atoms with Gasteiger partial charge < -0.3 is 10.0 Å². The average Bonchev–Trinajstić information content (AvgIpc) is 2.85. The van der Waals surface area contributed by atoms with Gasteiger partial charge in [0.05, 0.1) is 29.6 Å². The SMILES string of the molecule is CC(C)C[C@@H](c1ccccn1)N1C(=O)[C@@](C)(CC(=O)O)C[C@H](c2cccc(Cl)c2)[C@H]1c1ccc(Cl)cc1. The van der Waals surface area contributed by atoms with E-state index in [0.717, 1.165) is 16.8 Å². The molecule has 0 bridgehead atoms. The van der Waals surface area contributed by atoms with Crippen molar-refractivity contribution in [2.75, 3.05) is 0 Å². The van der Waals surface area contributed by atoms with Crippen molar-refractivity contribution >= 4 is 35.1 Å². The number of aromatic nitrogens is 1. The second-order valence-corrected chi connectivity index (χ2v) is 11.5. The van der Waals surface area contributed by atoms with Crippen molar-refractivity contribution in [1.29, 1.82) is 0 Å². The number of rotatable bonds is 8. The lowest BCUT2D eigenvalue weighted by atomic mass is 9.66. The van der Waals surface area contributed by atoms with Crippen LogP contribution in [0.15, 0.2) is 72.9 Å². The summed E-state index contributed by atoms with van der Waals surface area (Å²) >= 11 is 12.7. The zero-order valence-corrected chi connectivity index (χ0v) is 22.8. The van der Waals surface area contributed by atoms with Gasteiger partial charge in [0, 0.05) is 22.2 Å². The van der Waals surface area contributed by atoms with Gasteiger partial charge >= 0.3 is 5.97 Å². The number of likely N-dealkylation sites (tertiary alicyclic amines) is 1. The second kappa shape index (κ2) is 11.2. The molecular formula is C30H32Cl2N2O3. The van der Waals surface area contributed by atoms with Crippen molar-refractivity contribution in [3.63, 3.8) is 0 Å². The number of carbonyl (C=O) groups is 2. The summed E-state index contributed by atoms with van der Waals surface area (Å²) in [6, 6.07) is 20.2. The minimum atomic E-state index is -1.11. The number of carboxylic acid groups (broad SMARTS) is 1. The molecule has 1 amide bonds. The minimum absolute atomic E-state index is 0.176. The zero-order chi connectivity index (χ0) is 26.7. The van der Waals surface area contributed by atoms with Crippen LogP contribution in [0.4, 0.5) is 0 Å². The van der Waals surface area contributed by atoms with Gasteiger partial charge in [-0.2, -0.15) is 0 Å². The molecule has 0 radical (unpaired) electrons. The Bertz CT molecular complexity index is 1250. The van der Waals surface area contributed by atoms with E-state index in [4.69, 9.17) is 23.2 Å². The Morgan fingerprint density at radius 3 is 2.38 bits per heavy atom. The molecule has 1 saturated heterocycles. The van der Waals surface area contributed by atoms with Crippen molar-refractivity contribution in [3.05, 3.63) is 99.8 Å². The van der Waals surface area contributed by atoms with Gasteiger partial charge in [-0.15, -0.1) is 0 Å². The third-order valence-corrected chi connectivity index (χ3v) is 7.68. The van der Waals surface area contributed by atoms with Crippen molar-refractivity contribution < 1.29 is 14.7 Å². The Balaban J connectivity index is 1.97. The monoisotopic (exact) mass is 538 g/mol. The Kier molecular flexibility index (Phi) is 8.25. The molecule has 1 aliphatic rings. The number of piperidine rings is 1. The number of pyridine rings is 1. The Morgan fingerprint density at radius 1 is 1.05 bits per heavy atom. The summed E-state index contributed by atoms with van der Waals surface area (Å²) < 4.78 is 0. The number of amides is 1. The number of halogens is 2. The summed E-state index contributed by atoms with van der Waals surface area (Å²) in [5.41, 5.74) is 1.58. The fraction of sp³-hybridized carbons (Fsp3) is 0.367. The largest absolute Gasteiger partial charge is 0.481 e. The molecule has 4 atom stereocenters. The number of nitrogens with zero attached hydrogens (tertiary/aromatic N) is 2. The molecule has 1 aliphatic heterocycles. The van der Waals surface area contributed by atoms with E-state index in [-0.39, 0.29) is 36.2 Å². The second-order valence-electron chi connectivity index (χ2n) is 10.6. The molecule has 5 nitrogen and oxygen atoms in total. The van der Waals surface area contributed by atoms with Gasteiger partial charge in [0.2, 0.25) is 5.91 Å². The normalized spacial score (nSPS) is 22.8. The highest BCUT2D eigenvalue weighted by molar-refractivity contribution is 6.30. The third kappa shape index (κ3) is 6.00. The van der Waals surface area contributed by atoms with Gasteiger partial charge in [0.25, 0.3) is 0 Å². The molecule has 1 aromatic heterocycles. The lowest BCUT2D eigenvalue weighted by molar-refractivity contribution is -0.161. The van der Waals surface area contributed by atoms with Crippen LogP contribution in [-0.2, 0) is 9.59 Å². The molecule has 37 heavy (non-hydrogen) atoms. The molecule has 0 spiro atoms. The topological polar surface area (TPSA) is 70.5 Å². The van der Waals surface area contributed by atoms with Crippen LogP contribution in [0.5, 0.6) is 0 Å². The van der Waals surface area contributed by atoms with Gasteiger partial charge in [-0.3, -0.25) is 14.6 Å². The summed E-state index contributed by atoms with van der Waals surface area (Å²) in [6.45, 7) is 6.01. The smallest absolute Gasteiger partial charge is 0.304 e. The van der Waals surface area contributed by atoms with Crippen LogP contribution in [0.25, 0.3) is 0 Å². The van der Waals surface area contributed by atoms with Crippen LogP contribution >= 0.6 is 23.2 Å². The molecule has 1 N–H and O–H groups in total. The Morgan fingerprint density at radius 2 is 1.78 bits per heavy atom. The maximum Gasteiger partial charge on any atom is 0.304 e. The lowest BCUT2D eigenvalue weighted by Crippen LogP contribution is -2.54. The molecule has 2 heterocycles.